The number of hydrogen-bond donors (Lipinski definition) is 4. The summed E-state index contributed by atoms with van der Waals surface area (Å²) in [4.78, 5) is 43.2. The molecule has 4 N–H and O–H groups in total. The SMILES string of the molecule is CCc1cc(/C=N/OC(C)C)c(O)c2c1C[C@H]1C[C@H]3CC(=O)C(C(C)=O)=C(O)[C@@]3(O)C(=O)C1=C2O. The van der Waals surface area contributed by atoms with Gasteiger partial charge in [-0.2, -0.15) is 0 Å². The first-order chi connectivity index (χ1) is 16.4. The minimum atomic E-state index is -2.50. The minimum absolute atomic E-state index is 0.0687. The lowest BCUT2D eigenvalue weighted by atomic mass is 9.59. The van der Waals surface area contributed by atoms with E-state index in [-0.39, 0.29) is 41.4 Å². The van der Waals surface area contributed by atoms with Crippen LogP contribution in [0.2, 0.25) is 0 Å². The minimum Gasteiger partial charge on any atom is -0.508 e. The Morgan fingerprint density at radius 3 is 2.54 bits per heavy atom. The number of Topliss-reactive ketones (excluding diaryl/α,β-unsaturated/α-hetero) is 3. The zero-order chi connectivity index (χ0) is 25.8. The van der Waals surface area contributed by atoms with E-state index in [9.17, 15) is 34.8 Å². The molecule has 4 rings (SSSR count). The number of aliphatic hydroxyl groups is 3. The number of aryl methyl sites for hydroxylation is 1. The molecule has 0 aliphatic heterocycles. The number of carbonyl (C=O) groups excluding carboxylic acids is 3. The highest BCUT2D eigenvalue weighted by molar-refractivity contribution is 6.23. The Bertz CT molecular complexity index is 1240. The summed E-state index contributed by atoms with van der Waals surface area (Å²) in [7, 11) is 0. The molecule has 9 nitrogen and oxygen atoms in total. The van der Waals surface area contributed by atoms with Crippen LogP contribution in [0.1, 0.15) is 62.8 Å². The molecular formula is C26H29NO8. The third-order valence-corrected chi connectivity index (χ3v) is 7.14. The number of nitrogens with zero attached hydrogens (tertiary/aromatic N) is 1. The molecule has 0 aromatic heterocycles. The zero-order valence-electron chi connectivity index (χ0n) is 20.1. The van der Waals surface area contributed by atoms with E-state index in [0.717, 1.165) is 12.5 Å². The van der Waals surface area contributed by atoms with Crippen LogP contribution >= 0.6 is 0 Å². The largest absolute Gasteiger partial charge is 0.508 e. The van der Waals surface area contributed by atoms with E-state index in [1.165, 1.54) is 6.21 Å². The van der Waals surface area contributed by atoms with Crippen LogP contribution in [0.15, 0.2) is 28.1 Å². The van der Waals surface area contributed by atoms with Crippen LogP contribution in [0, 0.1) is 11.8 Å². The monoisotopic (exact) mass is 483 g/mol. The van der Waals surface area contributed by atoms with Gasteiger partial charge in [0.1, 0.15) is 28.9 Å². The molecule has 0 bridgehead atoms. The number of benzene rings is 1. The van der Waals surface area contributed by atoms with E-state index in [1.54, 1.807) is 19.9 Å². The third kappa shape index (κ3) is 3.65. The molecule has 3 aliphatic carbocycles. The summed E-state index contributed by atoms with van der Waals surface area (Å²) in [6.45, 7) is 6.59. The Kier molecular flexibility index (Phi) is 6.09. The predicted octanol–water partition coefficient (Wildman–Crippen LogP) is 2.85. The van der Waals surface area contributed by atoms with Crippen LogP contribution in [0.5, 0.6) is 5.75 Å². The fourth-order valence-electron chi connectivity index (χ4n) is 5.52. The van der Waals surface area contributed by atoms with Crippen molar-refractivity contribution in [1.82, 2.24) is 0 Å². The average molecular weight is 484 g/mol. The number of carbonyl (C=O) groups is 3. The van der Waals surface area contributed by atoms with Gasteiger partial charge in [0, 0.05) is 23.5 Å². The van der Waals surface area contributed by atoms with E-state index in [0.29, 0.717) is 18.4 Å². The Morgan fingerprint density at radius 2 is 1.94 bits per heavy atom. The van der Waals surface area contributed by atoms with Gasteiger partial charge in [-0.25, -0.2) is 0 Å². The van der Waals surface area contributed by atoms with Crippen LogP contribution in [-0.2, 0) is 32.1 Å². The van der Waals surface area contributed by atoms with Crippen LogP contribution in [0.25, 0.3) is 5.76 Å². The maximum Gasteiger partial charge on any atom is 0.202 e. The second kappa shape index (κ2) is 8.64. The number of hydrogen-bond acceptors (Lipinski definition) is 9. The summed E-state index contributed by atoms with van der Waals surface area (Å²) < 4.78 is 0. The van der Waals surface area contributed by atoms with Gasteiger partial charge in [0.15, 0.2) is 17.2 Å². The molecule has 3 aliphatic rings. The molecule has 3 atom stereocenters. The van der Waals surface area contributed by atoms with E-state index in [1.807, 2.05) is 6.92 Å². The van der Waals surface area contributed by atoms with Gasteiger partial charge in [-0.1, -0.05) is 12.1 Å². The van der Waals surface area contributed by atoms with Crippen molar-refractivity contribution in [3.63, 3.8) is 0 Å². The lowest BCUT2D eigenvalue weighted by Crippen LogP contribution is -2.57. The molecule has 0 heterocycles. The summed E-state index contributed by atoms with van der Waals surface area (Å²) in [6, 6.07) is 1.75. The summed E-state index contributed by atoms with van der Waals surface area (Å²) in [5.41, 5.74) is -1.36. The molecule has 1 aromatic rings. The molecule has 1 fully saturated rings. The first kappa shape index (κ1) is 24.7. The lowest BCUT2D eigenvalue weighted by molar-refractivity contribution is -0.147. The predicted molar refractivity (Wildman–Crippen MR) is 126 cm³/mol. The van der Waals surface area contributed by atoms with E-state index >= 15 is 0 Å². The molecule has 9 heteroatoms. The quantitative estimate of drug-likeness (QED) is 0.283. The van der Waals surface area contributed by atoms with E-state index < -0.39 is 51.9 Å². The number of phenols is 1. The number of aliphatic hydroxyl groups excluding tert-OH is 2. The Morgan fingerprint density at radius 1 is 1.26 bits per heavy atom. The fraction of sp³-hybridized carbons (Fsp3) is 0.462. The highest BCUT2D eigenvalue weighted by Gasteiger charge is 2.60. The number of aromatic hydroxyl groups is 1. The van der Waals surface area contributed by atoms with Crippen LogP contribution < -0.4 is 0 Å². The number of phenolic OH excluding ortho intramolecular Hbond substituents is 1. The second-order valence-corrected chi connectivity index (χ2v) is 9.67. The van der Waals surface area contributed by atoms with Gasteiger partial charge in [-0.15, -0.1) is 0 Å². The van der Waals surface area contributed by atoms with Crippen LogP contribution in [0.4, 0.5) is 0 Å². The topological polar surface area (TPSA) is 154 Å². The van der Waals surface area contributed by atoms with Crippen molar-refractivity contribution in [3.05, 3.63) is 45.2 Å². The number of allylic oxidation sites excluding steroid dienone is 1. The van der Waals surface area contributed by atoms with Crippen molar-refractivity contribution >= 4 is 29.3 Å². The van der Waals surface area contributed by atoms with Crippen molar-refractivity contribution in [3.8, 4) is 5.75 Å². The van der Waals surface area contributed by atoms with Gasteiger partial charge >= 0.3 is 0 Å². The first-order valence-corrected chi connectivity index (χ1v) is 11.7. The van der Waals surface area contributed by atoms with Gasteiger partial charge in [-0.3, -0.25) is 14.4 Å². The smallest absolute Gasteiger partial charge is 0.202 e. The van der Waals surface area contributed by atoms with Gasteiger partial charge in [0.2, 0.25) is 5.78 Å². The first-order valence-electron chi connectivity index (χ1n) is 11.7. The van der Waals surface area contributed by atoms with Crippen molar-refractivity contribution in [1.29, 1.82) is 0 Å². The highest BCUT2D eigenvalue weighted by Crippen LogP contribution is 2.52. The molecule has 35 heavy (non-hydrogen) atoms. The van der Waals surface area contributed by atoms with Crippen molar-refractivity contribution in [2.45, 2.75) is 65.1 Å². The normalized spacial score (nSPS) is 26.2. The number of rotatable bonds is 5. The third-order valence-electron chi connectivity index (χ3n) is 7.14. The molecule has 0 unspecified atom stereocenters. The summed E-state index contributed by atoms with van der Waals surface area (Å²) in [5.74, 6) is -5.56. The standard InChI is InChI=1S/C26H29NO8/c1-5-13-6-15(10-27-35-11(2)3)22(30)21-17(13)8-14-7-16-9-18(29)19(12(4)28)24(32)26(16,34)25(33)20(14)23(21)31/h6,10-11,14,16,30-32,34H,5,7-9H2,1-4H3/b27-10+/t14-,16+,26-/m1/s1. The lowest BCUT2D eigenvalue weighted by Gasteiger charge is -2.46. The number of fused-ring (bicyclic) bond motifs is 3. The van der Waals surface area contributed by atoms with Crippen molar-refractivity contribution in [2.24, 2.45) is 17.0 Å². The van der Waals surface area contributed by atoms with E-state index in [4.69, 9.17) is 4.84 Å². The molecule has 0 radical (unpaired) electrons. The average Bonchev–Trinajstić information content (AvgIpc) is 2.77. The Labute approximate surface area is 202 Å². The molecule has 1 aromatic carbocycles. The number of ketones is 3. The fourth-order valence-corrected chi connectivity index (χ4v) is 5.52. The molecule has 1 saturated carbocycles. The Hall–Kier alpha value is -3.46. The van der Waals surface area contributed by atoms with Gasteiger partial charge in [0.25, 0.3) is 0 Å². The van der Waals surface area contributed by atoms with Crippen molar-refractivity contribution in [2.75, 3.05) is 0 Å². The zero-order valence-corrected chi connectivity index (χ0v) is 20.1. The maximum absolute atomic E-state index is 13.6. The second-order valence-electron chi connectivity index (χ2n) is 9.67. The highest BCUT2D eigenvalue weighted by atomic mass is 16.6. The molecule has 186 valence electrons. The van der Waals surface area contributed by atoms with Crippen LogP contribution in [0.3, 0.4) is 0 Å². The summed E-state index contributed by atoms with van der Waals surface area (Å²) >= 11 is 0. The molecule has 0 saturated heterocycles. The molecule has 0 spiro atoms. The van der Waals surface area contributed by atoms with Crippen molar-refractivity contribution < 1.29 is 39.6 Å². The van der Waals surface area contributed by atoms with E-state index in [2.05, 4.69) is 5.16 Å². The molecule has 0 amide bonds. The van der Waals surface area contributed by atoms with Gasteiger partial charge in [0.05, 0.1) is 11.8 Å². The maximum atomic E-state index is 13.6. The molecular weight excluding hydrogens is 454 g/mol. The summed E-state index contributed by atoms with van der Waals surface area (Å²) in [5, 5.41) is 48.2. The summed E-state index contributed by atoms with van der Waals surface area (Å²) in [6.07, 6.45) is 1.89. The number of oxime groups is 1. The van der Waals surface area contributed by atoms with Gasteiger partial charge < -0.3 is 25.3 Å². The van der Waals surface area contributed by atoms with Crippen LogP contribution in [-0.4, -0.2) is 55.7 Å². The Balaban J connectivity index is 1.90. The van der Waals surface area contributed by atoms with Gasteiger partial charge in [-0.05, 0) is 63.1 Å².